The highest BCUT2D eigenvalue weighted by Gasteiger charge is 2.36. The van der Waals surface area contributed by atoms with E-state index < -0.39 is 11.7 Å². The van der Waals surface area contributed by atoms with Gasteiger partial charge in [-0.15, -0.1) is 0 Å². The molecule has 0 spiro atoms. The molecule has 0 unspecified atom stereocenters. The first-order valence-corrected chi connectivity index (χ1v) is 6.58. The number of halogens is 3. The van der Waals surface area contributed by atoms with Crippen molar-refractivity contribution in [2.75, 3.05) is 5.73 Å². The van der Waals surface area contributed by atoms with Gasteiger partial charge in [0.15, 0.2) is 0 Å². The lowest BCUT2D eigenvalue weighted by Crippen LogP contribution is -2.07. The van der Waals surface area contributed by atoms with Crippen molar-refractivity contribution in [2.45, 2.75) is 13.1 Å². The van der Waals surface area contributed by atoms with Crippen LogP contribution in [0.1, 0.15) is 16.9 Å². The van der Waals surface area contributed by atoms with Crippen molar-refractivity contribution < 1.29 is 17.6 Å². The molecular weight excluding hydrogens is 307 g/mol. The number of nitrogens with zero attached hydrogens (tertiary/aromatic N) is 2. The summed E-state index contributed by atoms with van der Waals surface area (Å²) in [6.07, 6.45) is -4.65. The number of nitriles is 1. The number of alkyl halides is 3. The maximum absolute atomic E-state index is 13.4. The summed E-state index contributed by atoms with van der Waals surface area (Å²) >= 11 is 0. The van der Waals surface area contributed by atoms with E-state index in [4.69, 9.17) is 15.4 Å². The average molecular weight is 317 g/mol. The lowest BCUT2D eigenvalue weighted by Gasteiger charge is -2.10. The Morgan fingerprint density at radius 3 is 2.43 bits per heavy atom. The monoisotopic (exact) mass is 317 g/mol. The molecule has 0 bridgehead atoms. The largest absolute Gasteiger partial charge is 0.425 e. The minimum absolute atomic E-state index is 0.100. The van der Waals surface area contributed by atoms with Crippen molar-refractivity contribution in [1.82, 2.24) is 4.98 Å². The van der Waals surface area contributed by atoms with Gasteiger partial charge in [0.1, 0.15) is 6.07 Å². The second-order valence-electron chi connectivity index (χ2n) is 5.06. The number of rotatable bonds is 1. The van der Waals surface area contributed by atoms with Gasteiger partial charge in [0.05, 0.1) is 22.3 Å². The van der Waals surface area contributed by atoms with Crippen LogP contribution < -0.4 is 5.73 Å². The highest BCUT2D eigenvalue weighted by molar-refractivity contribution is 5.94. The molecule has 7 heteroatoms. The molecule has 0 aliphatic rings. The summed E-state index contributed by atoms with van der Waals surface area (Å²) < 4.78 is 45.2. The highest BCUT2D eigenvalue weighted by Crippen LogP contribution is 2.41. The molecule has 0 aliphatic carbocycles. The zero-order chi connectivity index (χ0) is 16.8. The summed E-state index contributed by atoms with van der Waals surface area (Å²) in [4.78, 5) is 4.08. The fourth-order valence-electron chi connectivity index (χ4n) is 2.30. The number of nitrogen functional groups attached to an aromatic ring is 1. The second kappa shape index (κ2) is 5.02. The predicted molar refractivity (Wildman–Crippen MR) is 78.3 cm³/mol. The molecule has 0 radical (unpaired) electrons. The molecule has 0 saturated carbocycles. The van der Waals surface area contributed by atoms with Crippen LogP contribution in [0.5, 0.6) is 0 Å². The van der Waals surface area contributed by atoms with Gasteiger partial charge in [-0.3, -0.25) is 0 Å². The molecular formula is C16H10F3N3O. The molecule has 2 heterocycles. The molecule has 0 saturated heterocycles. The number of aromatic nitrogens is 1. The van der Waals surface area contributed by atoms with Crippen LogP contribution >= 0.6 is 0 Å². The second-order valence-corrected chi connectivity index (χ2v) is 5.06. The van der Waals surface area contributed by atoms with E-state index in [0.29, 0.717) is 5.56 Å². The number of aryl methyl sites for hydroxylation is 1. The number of fused-ring (bicyclic) bond motifs is 1. The van der Waals surface area contributed by atoms with E-state index in [1.807, 2.05) is 6.92 Å². The van der Waals surface area contributed by atoms with Crippen LogP contribution in [0.15, 0.2) is 34.7 Å². The number of anilines is 1. The molecule has 3 rings (SSSR count). The van der Waals surface area contributed by atoms with E-state index in [1.165, 1.54) is 0 Å². The predicted octanol–water partition coefficient (Wildman–Crippen LogP) is 4.28. The maximum Gasteiger partial charge on any atom is 0.417 e. The Morgan fingerprint density at radius 1 is 1.22 bits per heavy atom. The molecule has 3 aromatic rings. The lowest BCUT2D eigenvalue weighted by atomic mass is 10.0. The van der Waals surface area contributed by atoms with Gasteiger partial charge < -0.3 is 10.2 Å². The fraction of sp³-hybridized carbons (Fsp3) is 0.125. The minimum atomic E-state index is -4.65. The maximum atomic E-state index is 13.4. The van der Waals surface area contributed by atoms with Gasteiger partial charge in [0.25, 0.3) is 0 Å². The smallest absolute Gasteiger partial charge is 0.417 e. The Morgan fingerprint density at radius 2 is 1.87 bits per heavy atom. The summed E-state index contributed by atoms with van der Waals surface area (Å²) in [6.45, 7) is 1.87. The van der Waals surface area contributed by atoms with E-state index in [0.717, 1.165) is 11.6 Å². The molecule has 2 N–H and O–H groups in total. The first-order chi connectivity index (χ1) is 10.8. The first kappa shape index (κ1) is 14.9. The van der Waals surface area contributed by atoms with Gasteiger partial charge in [0.2, 0.25) is 11.5 Å². The average Bonchev–Trinajstić information content (AvgIpc) is 2.82. The molecule has 0 aliphatic heterocycles. The van der Waals surface area contributed by atoms with E-state index in [2.05, 4.69) is 4.98 Å². The van der Waals surface area contributed by atoms with Crippen LogP contribution in [-0.2, 0) is 6.18 Å². The summed E-state index contributed by atoms with van der Waals surface area (Å²) in [5.41, 5.74) is 5.56. The summed E-state index contributed by atoms with van der Waals surface area (Å²) in [5.74, 6) is -0.376. The van der Waals surface area contributed by atoms with Gasteiger partial charge in [-0.05, 0) is 13.0 Å². The molecule has 0 atom stereocenters. The van der Waals surface area contributed by atoms with Gasteiger partial charge in [0, 0.05) is 5.56 Å². The Hall–Kier alpha value is -3.01. The van der Waals surface area contributed by atoms with Crippen LogP contribution in [0, 0.1) is 18.3 Å². The molecule has 1 aromatic carbocycles. The van der Waals surface area contributed by atoms with E-state index in [9.17, 15) is 13.2 Å². The van der Waals surface area contributed by atoms with Gasteiger partial charge in [-0.2, -0.15) is 18.4 Å². The SMILES string of the molecule is Cc1ccc(-c2cc(C(F)(F)F)c3c(N)c(C#N)oc3n2)cc1. The van der Waals surface area contributed by atoms with Crippen molar-refractivity contribution in [1.29, 1.82) is 5.26 Å². The van der Waals surface area contributed by atoms with Crippen LogP contribution in [0.25, 0.3) is 22.4 Å². The molecule has 4 nitrogen and oxygen atoms in total. The quantitative estimate of drug-likeness (QED) is 0.727. The van der Waals surface area contributed by atoms with Crippen molar-refractivity contribution in [3.63, 3.8) is 0 Å². The van der Waals surface area contributed by atoms with Crippen molar-refractivity contribution in [2.24, 2.45) is 0 Å². The Bertz CT molecular complexity index is 934. The molecule has 2 aromatic heterocycles. The van der Waals surface area contributed by atoms with E-state index in [-0.39, 0.29) is 28.2 Å². The first-order valence-electron chi connectivity index (χ1n) is 6.58. The normalized spacial score (nSPS) is 11.6. The van der Waals surface area contributed by atoms with Crippen molar-refractivity contribution >= 4 is 16.8 Å². The number of benzene rings is 1. The third-order valence-corrected chi connectivity index (χ3v) is 3.45. The van der Waals surface area contributed by atoms with E-state index in [1.54, 1.807) is 30.3 Å². The summed E-state index contributed by atoms with van der Waals surface area (Å²) in [7, 11) is 0. The topological polar surface area (TPSA) is 75.8 Å². The van der Waals surface area contributed by atoms with Crippen LogP contribution in [0.2, 0.25) is 0 Å². The number of hydrogen-bond acceptors (Lipinski definition) is 4. The highest BCUT2D eigenvalue weighted by atomic mass is 19.4. The third-order valence-electron chi connectivity index (χ3n) is 3.45. The number of hydrogen-bond donors (Lipinski definition) is 1. The molecule has 0 amide bonds. The summed E-state index contributed by atoms with van der Waals surface area (Å²) in [5, 5.41) is 8.51. The zero-order valence-electron chi connectivity index (χ0n) is 11.9. The zero-order valence-corrected chi connectivity index (χ0v) is 11.9. The van der Waals surface area contributed by atoms with Crippen molar-refractivity contribution in [3.05, 3.63) is 47.2 Å². The third kappa shape index (κ3) is 2.48. The summed E-state index contributed by atoms with van der Waals surface area (Å²) in [6, 6.07) is 9.42. The van der Waals surface area contributed by atoms with Crippen LogP contribution in [0.3, 0.4) is 0 Å². The number of nitrogens with two attached hydrogens (primary N) is 1. The van der Waals surface area contributed by atoms with E-state index >= 15 is 0 Å². The molecule has 0 fully saturated rings. The number of furan rings is 1. The lowest BCUT2D eigenvalue weighted by molar-refractivity contribution is -0.136. The Labute approximate surface area is 129 Å². The minimum Gasteiger partial charge on any atom is -0.425 e. The molecule has 23 heavy (non-hydrogen) atoms. The van der Waals surface area contributed by atoms with Gasteiger partial charge in [-0.25, -0.2) is 4.98 Å². The van der Waals surface area contributed by atoms with Gasteiger partial charge >= 0.3 is 6.18 Å². The van der Waals surface area contributed by atoms with Crippen LogP contribution in [-0.4, -0.2) is 4.98 Å². The standard InChI is InChI=1S/C16H10F3N3O/c1-8-2-4-9(5-3-8)11-6-10(16(17,18)19)13-14(21)12(7-20)23-15(13)22-11/h2-6H,21H2,1H3. The Kier molecular flexibility index (Phi) is 3.25. The molecule has 116 valence electrons. The fourth-order valence-corrected chi connectivity index (χ4v) is 2.30. The Balaban J connectivity index is 2.34. The van der Waals surface area contributed by atoms with Crippen molar-refractivity contribution in [3.8, 4) is 17.3 Å². The number of pyridine rings is 1. The van der Waals surface area contributed by atoms with Crippen LogP contribution in [0.4, 0.5) is 18.9 Å². The van der Waals surface area contributed by atoms with Gasteiger partial charge in [-0.1, -0.05) is 29.8 Å².